The van der Waals surface area contributed by atoms with Crippen molar-refractivity contribution in [1.82, 2.24) is 4.57 Å². The van der Waals surface area contributed by atoms with Crippen molar-refractivity contribution >= 4 is 28.5 Å². The highest BCUT2D eigenvalue weighted by molar-refractivity contribution is 6.06. The van der Waals surface area contributed by atoms with Gasteiger partial charge in [0, 0.05) is 11.1 Å². The summed E-state index contributed by atoms with van der Waals surface area (Å²) in [5.74, 6) is -3.82. The molecule has 3 rings (SSSR count). The van der Waals surface area contributed by atoms with Gasteiger partial charge in [-0.25, -0.2) is 0 Å². The van der Waals surface area contributed by atoms with E-state index < -0.39 is 34.0 Å². The van der Waals surface area contributed by atoms with E-state index in [1.54, 1.807) is 62.4 Å². The Labute approximate surface area is 177 Å². The summed E-state index contributed by atoms with van der Waals surface area (Å²) in [6.45, 7) is 2.98. The maximum Gasteiger partial charge on any atom is 0.339 e. The van der Waals surface area contributed by atoms with Crippen molar-refractivity contribution in [1.29, 1.82) is 0 Å². The fraction of sp³-hybridized carbons (Fsp3) is 0.227. The molecule has 0 aliphatic rings. The second-order valence-corrected chi connectivity index (χ2v) is 6.45. The average Bonchev–Trinajstić information content (AvgIpc) is 2.74. The Hall–Kier alpha value is -4.01. The maximum absolute atomic E-state index is 13.3. The van der Waals surface area contributed by atoms with E-state index in [4.69, 9.17) is 9.47 Å². The third-order valence-electron chi connectivity index (χ3n) is 4.63. The van der Waals surface area contributed by atoms with Crippen molar-refractivity contribution in [2.45, 2.75) is 19.8 Å². The second kappa shape index (κ2) is 9.21. The molecule has 9 heteroatoms. The highest BCUT2D eigenvalue weighted by Gasteiger charge is 2.41. The smallest absolute Gasteiger partial charge is 0.339 e. The van der Waals surface area contributed by atoms with E-state index in [0.29, 0.717) is 11.2 Å². The summed E-state index contributed by atoms with van der Waals surface area (Å²) in [6, 6.07) is 14.7. The van der Waals surface area contributed by atoms with E-state index in [1.165, 1.54) is 10.6 Å². The number of pyridine rings is 1. The number of hydrogen-bond acceptors (Lipinski definition) is 7. The zero-order valence-electron chi connectivity index (χ0n) is 16.9. The van der Waals surface area contributed by atoms with E-state index >= 15 is 0 Å². The monoisotopic (exact) mass is 424 g/mol. The molecule has 3 aromatic rings. The first kappa shape index (κ1) is 21.7. The summed E-state index contributed by atoms with van der Waals surface area (Å²) in [4.78, 5) is 49.9. The predicted octanol–water partition coefficient (Wildman–Crippen LogP) is 3.11. The van der Waals surface area contributed by atoms with Crippen LogP contribution in [0.1, 0.15) is 25.3 Å². The number of nitro groups is 1. The third-order valence-corrected chi connectivity index (χ3v) is 4.63. The Balaban J connectivity index is 2.48. The first-order valence-corrected chi connectivity index (χ1v) is 9.63. The Kier molecular flexibility index (Phi) is 6.44. The van der Waals surface area contributed by atoms with Crippen LogP contribution in [0.4, 0.5) is 5.69 Å². The molecule has 0 bridgehead atoms. The summed E-state index contributed by atoms with van der Waals surface area (Å²) in [7, 11) is 0. The summed E-state index contributed by atoms with van der Waals surface area (Å²) < 4.78 is 11.2. The zero-order chi connectivity index (χ0) is 22.5. The van der Waals surface area contributed by atoms with E-state index in [2.05, 4.69) is 0 Å². The van der Waals surface area contributed by atoms with Gasteiger partial charge in [0.1, 0.15) is 0 Å². The van der Waals surface area contributed by atoms with Crippen LogP contribution < -0.4 is 5.56 Å². The van der Waals surface area contributed by atoms with Gasteiger partial charge in [-0.15, -0.1) is 0 Å². The predicted molar refractivity (Wildman–Crippen MR) is 112 cm³/mol. The Morgan fingerprint density at radius 3 is 2.06 bits per heavy atom. The molecule has 0 saturated carbocycles. The lowest BCUT2D eigenvalue weighted by Crippen LogP contribution is -2.31. The summed E-state index contributed by atoms with van der Waals surface area (Å²) >= 11 is 0. The highest BCUT2D eigenvalue weighted by Crippen LogP contribution is 2.34. The number of aromatic nitrogens is 1. The Bertz CT molecular complexity index is 1180. The molecule has 0 radical (unpaired) electrons. The van der Waals surface area contributed by atoms with E-state index in [-0.39, 0.29) is 24.2 Å². The van der Waals surface area contributed by atoms with Crippen LogP contribution in [0.5, 0.6) is 0 Å². The number of para-hydroxylation sites is 2. The van der Waals surface area contributed by atoms with Crippen LogP contribution >= 0.6 is 0 Å². The van der Waals surface area contributed by atoms with Crippen molar-refractivity contribution in [2.75, 3.05) is 13.2 Å². The normalized spacial score (nSPS) is 10.8. The number of ether oxygens (including phenoxy) is 2. The van der Waals surface area contributed by atoms with Crippen molar-refractivity contribution in [3.63, 3.8) is 0 Å². The molecule has 0 aliphatic carbocycles. The third kappa shape index (κ3) is 4.02. The van der Waals surface area contributed by atoms with Gasteiger partial charge in [-0.1, -0.05) is 36.4 Å². The van der Waals surface area contributed by atoms with Crippen molar-refractivity contribution in [3.05, 3.63) is 80.6 Å². The molecule has 0 spiro atoms. The standard InChI is InChI=1S/C22H20N2O7/c1-3-30-21(26)18(22(27)31-4-2)17-15-12-8-9-13-16(15)23(14-10-6-5-7-11-14)20(25)19(17)24(28)29/h5-13,18H,3-4H2,1-2H3. The van der Waals surface area contributed by atoms with E-state index in [0.717, 1.165) is 0 Å². The topological polar surface area (TPSA) is 118 Å². The van der Waals surface area contributed by atoms with Gasteiger partial charge in [-0.05, 0) is 32.0 Å². The molecule has 0 atom stereocenters. The van der Waals surface area contributed by atoms with Crippen molar-refractivity contribution in [3.8, 4) is 5.69 Å². The number of nitrogens with zero attached hydrogens (tertiary/aromatic N) is 2. The molecule has 1 aromatic heterocycles. The van der Waals surface area contributed by atoms with Crippen LogP contribution in [0.2, 0.25) is 0 Å². The fourth-order valence-electron chi connectivity index (χ4n) is 3.44. The van der Waals surface area contributed by atoms with Gasteiger partial charge in [0.25, 0.3) is 0 Å². The van der Waals surface area contributed by atoms with Crippen LogP contribution in [0.25, 0.3) is 16.6 Å². The average molecular weight is 424 g/mol. The molecule has 2 aromatic carbocycles. The van der Waals surface area contributed by atoms with Crippen LogP contribution in [-0.2, 0) is 19.1 Å². The molecule has 160 valence electrons. The van der Waals surface area contributed by atoms with Crippen molar-refractivity contribution < 1.29 is 24.0 Å². The molecule has 31 heavy (non-hydrogen) atoms. The van der Waals surface area contributed by atoms with E-state index in [1.807, 2.05) is 0 Å². The SMILES string of the molecule is CCOC(=O)C(C(=O)OCC)c1c([N+](=O)[O-])c(=O)n(-c2ccccc2)c2ccccc12. The Morgan fingerprint density at radius 2 is 1.52 bits per heavy atom. The van der Waals surface area contributed by atoms with Gasteiger partial charge in [-0.2, -0.15) is 0 Å². The highest BCUT2D eigenvalue weighted by atomic mass is 16.6. The molecule has 0 amide bonds. The summed E-state index contributed by atoms with van der Waals surface area (Å²) in [6.07, 6.45) is 0. The van der Waals surface area contributed by atoms with Crippen molar-refractivity contribution in [2.24, 2.45) is 0 Å². The number of carbonyl (C=O) groups is 2. The fourth-order valence-corrected chi connectivity index (χ4v) is 3.44. The molecule has 0 saturated heterocycles. The van der Waals surface area contributed by atoms with Gasteiger partial charge in [0.05, 0.1) is 29.2 Å². The quantitative estimate of drug-likeness (QED) is 0.247. The number of fused-ring (bicyclic) bond motifs is 1. The van der Waals surface area contributed by atoms with Crippen LogP contribution in [0.3, 0.4) is 0 Å². The van der Waals surface area contributed by atoms with Gasteiger partial charge in [0.15, 0.2) is 5.92 Å². The van der Waals surface area contributed by atoms with Gasteiger partial charge in [-0.3, -0.25) is 29.1 Å². The number of rotatable bonds is 7. The van der Waals surface area contributed by atoms with Crippen LogP contribution in [0, 0.1) is 10.1 Å². The lowest BCUT2D eigenvalue weighted by atomic mass is 9.93. The minimum absolute atomic E-state index is 0.0540. The molecular weight excluding hydrogens is 404 g/mol. The molecule has 9 nitrogen and oxygen atoms in total. The first-order valence-electron chi connectivity index (χ1n) is 9.63. The molecule has 0 N–H and O–H groups in total. The Morgan fingerprint density at radius 1 is 0.968 bits per heavy atom. The summed E-state index contributed by atoms with van der Waals surface area (Å²) in [5, 5.41) is 12.2. The number of benzene rings is 2. The maximum atomic E-state index is 13.3. The number of carbonyl (C=O) groups excluding carboxylic acids is 2. The molecular formula is C22H20N2O7. The number of esters is 2. The molecule has 0 unspecified atom stereocenters. The lowest BCUT2D eigenvalue weighted by Gasteiger charge is -2.19. The minimum atomic E-state index is -1.77. The van der Waals surface area contributed by atoms with Crippen LogP contribution in [0.15, 0.2) is 59.4 Å². The van der Waals surface area contributed by atoms with E-state index in [9.17, 15) is 24.5 Å². The molecule has 0 aliphatic heterocycles. The molecule has 0 fully saturated rings. The summed E-state index contributed by atoms with van der Waals surface area (Å²) in [5.41, 5.74) is -1.48. The van der Waals surface area contributed by atoms with Gasteiger partial charge >= 0.3 is 23.2 Å². The largest absolute Gasteiger partial charge is 0.465 e. The van der Waals surface area contributed by atoms with Gasteiger partial charge in [0.2, 0.25) is 0 Å². The first-order chi connectivity index (χ1) is 14.9. The molecule has 1 heterocycles. The number of hydrogen-bond donors (Lipinski definition) is 0. The zero-order valence-corrected chi connectivity index (χ0v) is 16.9. The van der Waals surface area contributed by atoms with Gasteiger partial charge < -0.3 is 9.47 Å². The lowest BCUT2D eigenvalue weighted by molar-refractivity contribution is -0.387. The second-order valence-electron chi connectivity index (χ2n) is 6.45. The minimum Gasteiger partial charge on any atom is -0.465 e. The van der Waals surface area contributed by atoms with Crippen LogP contribution in [-0.4, -0.2) is 34.6 Å².